The van der Waals surface area contributed by atoms with Crippen molar-refractivity contribution in [1.82, 2.24) is 20.9 Å². The summed E-state index contributed by atoms with van der Waals surface area (Å²) in [5.41, 5.74) is -0.471. The molecule has 1 heterocycles. The van der Waals surface area contributed by atoms with Gasteiger partial charge < -0.3 is 25.6 Å². The number of rotatable bonds is 7. The number of likely N-dealkylation sites (tertiary alicyclic amines) is 1. The second-order valence-corrected chi connectivity index (χ2v) is 7.12. The third-order valence-corrected chi connectivity index (χ3v) is 3.75. The van der Waals surface area contributed by atoms with E-state index >= 15 is 0 Å². The first kappa shape index (κ1) is 24.2. The molecule has 1 rings (SSSR count). The molecule has 3 N–H and O–H groups in total. The maximum Gasteiger partial charge on any atom is 0.407 e. The number of nitrogens with one attached hydrogen (secondary N) is 3. The van der Waals surface area contributed by atoms with Gasteiger partial charge in [-0.1, -0.05) is 6.92 Å². The molecule has 1 atom stereocenters. The zero-order chi connectivity index (χ0) is 18.0. The number of hydrogen-bond acceptors (Lipinski definition) is 4. The van der Waals surface area contributed by atoms with E-state index in [1.54, 1.807) is 0 Å². The van der Waals surface area contributed by atoms with Gasteiger partial charge in [-0.3, -0.25) is 4.99 Å². The second kappa shape index (κ2) is 12.6. The van der Waals surface area contributed by atoms with E-state index in [9.17, 15) is 4.79 Å². The highest BCUT2D eigenvalue weighted by molar-refractivity contribution is 14.0. The fraction of sp³-hybridized carbons (Fsp3) is 0.882. The van der Waals surface area contributed by atoms with Crippen molar-refractivity contribution in [3.8, 4) is 0 Å². The smallest absolute Gasteiger partial charge is 0.407 e. The molecule has 148 valence electrons. The van der Waals surface area contributed by atoms with Gasteiger partial charge in [0.15, 0.2) is 5.96 Å². The Kier molecular flexibility index (Phi) is 12.2. The average Bonchev–Trinajstić information content (AvgIpc) is 2.95. The molecule has 1 aliphatic rings. The SMILES string of the molecule is CCNC(=NCC1CCN(CC)C1)NCCNC(=O)OC(C)(C)C.I. The van der Waals surface area contributed by atoms with Crippen molar-refractivity contribution >= 4 is 36.0 Å². The number of hydrogen-bond donors (Lipinski definition) is 3. The lowest BCUT2D eigenvalue weighted by atomic mass is 10.1. The predicted octanol–water partition coefficient (Wildman–Crippen LogP) is 2.03. The van der Waals surface area contributed by atoms with Crippen LogP contribution in [-0.2, 0) is 4.74 Å². The monoisotopic (exact) mass is 469 g/mol. The van der Waals surface area contributed by atoms with Gasteiger partial charge >= 0.3 is 6.09 Å². The van der Waals surface area contributed by atoms with Gasteiger partial charge in [0.05, 0.1) is 0 Å². The van der Waals surface area contributed by atoms with Crippen LogP contribution in [-0.4, -0.2) is 68.4 Å². The maximum absolute atomic E-state index is 11.6. The number of aliphatic imine (C=N–C) groups is 1. The highest BCUT2D eigenvalue weighted by Gasteiger charge is 2.20. The summed E-state index contributed by atoms with van der Waals surface area (Å²) >= 11 is 0. The Labute approximate surface area is 169 Å². The molecule has 1 unspecified atom stereocenters. The van der Waals surface area contributed by atoms with Crippen LogP contribution in [0.25, 0.3) is 0 Å². The molecule has 0 radical (unpaired) electrons. The minimum atomic E-state index is -0.471. The fourth-order valence-corrected chi connectivity index (χ4v) is 2.57. The third-order valence-electron chi connectivity index (χ3n) is 3.75. The minimum absolute atomic E-state index is 0. The molecule has 7 nitrogen and oxygen atoms in total. The molecule has 1 amide bonds. The normalized spacial score (nSPS) is 18.4. The average molecular weight is 469 g/mol. The van der Waals surface area contributed by atoms with Crippen molar-refractivity contribution in [3.05, 3.63) is 0 Å². The first-order valence-corrected chi connectivity index (χ1v) is 9.05. The lowest BCUT2D eigenvalue weighted by Gasteiger charge is -2.20. The lowest BCUT2D eigenvalue weighted by Crippen LogP contribution is -2.42. The topological polar surface area (TPSA) is 78.0 Å². The Morgan fingerprint density at radius 1 is 1.20 bits per heavy atom. The first-order valence-electron chi connectivity index (χ1n) is 9.05. The van der Waals surface area contributed by atoms with Crippen LogP contribution in [0.1, 0.15) is 41.0 Å². The largest absolute Gasteiger partial charge is 0.444 e. The number of alkyl carbamates (subject to hydrolysis) is 1. The first-order chi connectivity index (χ1) is 11.3. The van der Waals surface area contributed by atoms with Gasteiger partial charge in [-0.2, -0.15) is 0 Å². The van der Waals surface area contributed by atoms with Gasteiger partial charge in [-0.15, -0.1) is 24.0 Å². The van der Waals surface area contributed by atoms with E-state index < -0.39 is 11.7 Å². The van der Waals surface area contributed by atoms with E-state index in [4.69, 9.17) is 4.74 Å². The van der Waals surface area contributed by atoms with Gasteiger partial charge in [0.25, 0.3) is 0 Å². The number of guanidine groups is 1. The number of nitrogens with zero attached hydrogens (tertiary/aromatic N) is 2. The molecule has 25 heavy (non-hydrogen) atoms. The Hall–Kier alpha value is -0.770. The molecular formula is C17H36IN5O2. The molecular weight excluding hydrogens is 433 g/mol. The van der Waals surface area contributed by atoms with Crippen molar-refractivity contribution in [1.29, 1.82) is 0 Å². The number of ether oxygens (including phenoxy) is 1. The quantitative estimate of drug-likeness (QED) is 0.230. The molecule has 8 heteroatoms. The van der Waals surface area contributed by atoms with E-state index in [0.717, 1.165) is 32.1 Å². The molecule has 1 aliphatic heterocycles. The molecule has 0 aliphatic carbocycles. The number of amides is 1. The highest BCUT2D eigenvalue weighted by atomic mass is 127. The van der Waals surface area contributed by atoms with Crippen LogP contribution in [0.3, 0.4) is 0 Å². The second-order valence-electron chi connectivity index (χ2n) is 7.12. The highest BCUT2D eigenvalue weighted by Crippen LogP contribution is 2.15. The van der Waals surface area contributed by atoms with Crippen molar-refractivity contribution in [2.45, 2.75) is 46.6 Å². The van der Waals surface area contributed by atoms with Crippen LogP contribution in [0.4, 0.5) is 4.79 Å². The molecule has 0 aromatic carbocycles. The molecule has 0 spiro atoms. The summed E-state index contributed by atoms with van der Waals surface area (Å²) in [6, 6.07) is 0. The maximum atomic E-state index is 11.6. The van der Waals surface area contributed by atoms with Crippen molar-refractivity contribution < 1.29 is 9.53 Å². The van der Waals surface area contributed by atoms with Crippen LogP contribution < -0.4 is 16.0 Å². The van der Waals surface area contributed by atoms with Crippen LogP contribution in [0.15, 0.2) is 4.99 Å². The van der Waals surface area contributed by atoms with Crippen molar-refractivity contribution in [2.75, 3.05) is 45.8 Å². The van der Waals surface area contributed by atoms with E-state index in [1.165, 1.54) is 13.0 Å². The summed E-state index contributed by atoms with van der Waals surface area (Å²) < 4.78 is 5.20. The van der Waals surface area contributed by atoms with Gasteiger partial charge in [0, 0.05) is 32.7 Å². The standard InChI is InChI=1S/C17H35N5O2.HI/c1-6-18-15(21-12-14-8-11-22(7-2)13-14)19-9-10-20-16(23)24-17(3,4)5;/h14H,6-13H2,1-5H3,(H,20,23)(H2,18,19,21);1H. The van der Waals surface area contributed by atoms with Gasteiger partial charge in [0.1, 0.15) is 5.60 Å². The zero-order valence-electron chi connectivity index (χ0n) is 16.4. The minimum Gasteiger partial charge on any atom is -0.444 e. The summed E-state index contributed by atoms with van der Waals surface area (Å²) in [5.74, 6) is 1.44. The van der Waals surface area contributed by atoms with Crippen LogP contribution in [0.2, 0.25) is 0 Å². The fourth-order valence-electron chi connectivity index (χ4n) is 2.57. The van der Waals surface area contributed by atoms with Crippen LogP contribution in [0, 0.1) is 5.92 Å². The summed E-state index contributed by atoms with van der Waals surface area (Å²) in [4.78, 5) is 18.7. The molecule has 0 saturated carbocycles. The Morgan fingerprint density at radius 3 is 2.44 bits per heavy atom. The molecule has 1 fully saturated rings. The number of carbonyl (C=O) groups is 1. The number of halogens is 1. The summed E-state index contributed by atoms with van der Waals surface area (Å²) in [6.45, 7) is 16.0. The van der Waals surface area contributed by atoms with E-state index in [0.29, 0.717) is 19.0 Å². The van der Waals surface area contributed by atoms with Crippen molar-refractivity contribution in [2.24, 2.45) is 10.9 Å². The number of carbonyl (C=O) groups excluding carboxylic acids is 1. The van der Waals surface area contributed by atoms with Crippen LogP contribution >= 0.6 is 24.0 Å². The predicted molar refractivity (Wildman–Crippen MR) is 114 cm³/mol. The Bertz CT molecular complexity index is 412. The lowest BCUT2D eigenvalue weighted by molar-refractivity contribution is 0.0529. The van der Waals surface area contributed by atoms with Gasteiger partial charge in [0.2, 0.25) is 0 Å². The zero-order valence-corrected chi connectivity index (χ0v) is 18.7. The molecule has 0 aromatic heterocycles. The van der Waals surface area contributed by atoms with Crippen LogP contribution in [0.5, 0.6) is 0 Å². The third kappa shape index (κ3) is 11.5. The Morgan fingerprint density at radius 2 is 1.88 bits per heavy atom. The molecule has 0 bridgehead atoms. The Balaban J connectivity index is 0.00000576. The van der Waals surface area contributed by atoms with E-state index in [1.807, 2.05) is 27.7 Å². The summed E-state index contributed by atoms with van der Waals surface area (Å²) in [7, 11) is 0. The molecule has 0 aromatic rings. The van der Waals surface area contributed by atoms with Gasteiger partial charge in [-0.25, -0.2) is 4.79 Å². The van der Waals surface area contributed by atoms with E-state index in [-0.39, 0.29) is 24.0 Å². The molecule has 1 saturated heterocycles. The van der Waals surface area contributed by atoms with Crippen molar-refractivity contribution in [3.63, 3.8) is 0 Å². The summed E-state index contributed by atoms with van der Waals surface area (Å²) in [5, 5.41) is 9.22. The summed E-state index contributed by atoms with van der Waals surface area (Å²) in [6.07, 6.45) is 0.827. The van der Waals surface area contributed by atoms with Gasteiger partial charge in [-0.05, 0) is 53.1 Å². The van der Waals surface area contributed by atoms with E-state index in [2.05, 4.69) is 32.8 Å².